The van der Waals surface area contributed by atoms with Crippen LogP contribution in [0.5, 0.6) is 0 Å². The van der Waals surface area contributed by atoms with Crippen LogP contribution in [0.15, 0.2) is 0 Å². The lowest BCUT2D eigenvalue weighted by Gasteiger charge is -2.30. The highest BCUT2D eigenvalue weighted by atomic mass is 32.2. The van der Waals surface area contributed by atoms with E-state index in [9.17, 15) is 4.79 Å². The summed E-state index contributed by atoms with van der Waals surface area (Å²) < 4.78 is 0. The van der Waals surface area contributed by atoms with Gasteiger partial charge in [0.05, 0.1) is 10.6 Å². The first-order chi connectivity index (χ1) is 8.65. The molecule has 1 aromatic rings. The van der Waals surface area contributed by atoms with Crippen LogP contribution in [0.25, 0.3) is 0 Å². The number of nitrogens with zero attached hydrogens (tertiary/aromatic N) is 2. The molecule has 2 atom stereocenters. The first-order valence-corrected chi connectivity index (χ1v) is 8.34. The maximum atomic E-state index is 11.2. The van der Waals surface area contributed by atoms with E-state index in [4.69, 9.17) is 4.98 Å². The van der Waals surface area contributed by atoms with Crippen molar-refractivity contribution in [3.63, 3.8) is 0 Å². The van der Waals surface area contributed by atoms with Gasteiger partial charge < -0.3 is 4.90 Å². The summed E-state index contributed by atoms with van der Waals surface area (Å²) >= 11 is 3.56. The summed E-state index contributed by atoms with van der Waals surface area (Å²) in [5, 5.41) is 1.67. The van der Waals surface area contributed by atoms with E-state index in [1.807, 2.05) is 11.8 Å². The largest absolute Gasteiger partial charge is 0.346 e. The number of rotatable bonds is 4. The third-order valence-electron chi connectivity index (χ3n) is 3.37. The van der Waals surface area contributed by atoms with E-state index in [1.54, 1.807) is 11.3 Å². The van der Waals surface area contributed by atoms with Gasteiger partial charge in [-0.25, -0.2) is 4.98 Å². The van der Waals surface area contributed by atoms with Gasteiger partial charge >= 0.3 is 0 Å². The fourth-order valence-electron chi connectivity index (χ4n) is 2.09. The number of aldehydes is 1. The Labute approximate surface area is 117 Å². The van der Waals surface area contributed by atoms with Crippen LogP contribution >= 0.6 is 23.1 Å². The van der Waals surface area contributed by atoms with Crippen LogP contribution < -0.4 is 4.90 Å². The Kier molecular flexibility index (Phi) is 4.67. The topological polar surface area (TPSA) is 33.2 Å². The third-order valence-corrected chi connectivity index (χ3v) is 5.56. The van der Waals surface area contributed by atoms with Gasteiger partial charge in [-0.2, -0.15) is 11.8 Å². The van der Waals surface area contributed by atoms with Crippen molar-refractivity contribution in [3.8, 4) is 0 Å². The van der Waals surface area contributed by atoms with E-state index >= 15 is 0 Å². The molecule has 5 heteroatoms. The van der Waals surface area contributed by atoms with Crippen molar-refractivity contribution in [2.75, 3.05) is 23.7 Å². The lowest BCUT2D eigenvalue weighted by atomic mass is 10.0. The molecule has 1 saturated heterocycles. The van der Waals surface area contributed by atoms with Gasteiger partial charge in [0.1, 0.15) is 0 Å². The Hall–Kier alpha value is -0.550. The van der Waals surface area contributed by atoms with Gasteiger partial charge in [-0.3, -0.25) is 4.79 Å². The Bertz CT molecular complexity index is 419. The molecule has 100 valence electrons. The van der Waals surface area contributed by atoms with Crippen molar-refractivity contribution in [1.29, 1.82) is 0 Å². The predicted octanol–water partition coefficient (Wildman–Crippen LogP) is 3.41. The number of aromatic nitrogens is 1. The summed E-state index contributed by atoms with van der Waals surface area (Å²) in [6, 6.07) is 0. The molecule has 1 aliphatic rings. The van der Waals surface area contributed by atoms with E-state index in [0.29, 0.717) is 11.2 Å². The Morgan fingerprint density at radius 2 is 2.39 bits per heavy atom. The standard InChI is InChI=1S/C13H20N2OS2/c1-4-9(2)12-11(8-16)18-13(14-12)15-5-6-17-10(3)7-15/h8-10H,4-7H2,1-3H3. The highest BCUT2D eigenvalue weighted by molar-refractivity contribution is 8.00. The number of hydrogen-bond donors (Lipinski definition) is 0. The van der Waals surface area contributed by atoms with E-state index in [0.717, 1.165) is 47.3 Å². The first kappa shape index (κ1) is 13.9. The van der Waals surface area contributed by atoms with Gasteiger partial charge in [0.25, 0.3) is 0 Å². The molecule has 1 aromatic heterocycles. The summed E-state index contributed by atoms with van der Waals surface area (Å²) in [5.74, 6) is 1.52. The number of hydrogen-bond acceptors (Lipinski definition) is 5. The second kappa shape index (κ2) is 6.06. The predicted molar refractivity (Wildman–Crippen MR) is 80.3 cm³/mol. The molecule has 0 amide bonds. The summed E-state index contributed by atoms with van der Waals surface area (Å²) in [7, 11) is 0. The van der Waals surface area contributed by atoms with Gasteiger partial charge in [0.2, 0.25) is 0 Å². The fraction of sp³-hybridized carbons (Fsp3) is 0.692. The Morgan fingerprint density at radius 1 is 1.61 bits per heavy atom. The quantitative estimate of drug-likeness (QED) is 0.793. The normalized spacial score (nSPS) is 21.9. The average Bonchev–Trinajstić information content (AvgIpc) is 2.82. The second-order valence-corrected chi connectivity index (χ2v) is 7.36. The monoisotopic (exact) mass is 284 g/mol. The van der Waals surface area contributed by atoms with Crippen molar-refractivity contribution in [2.45, 2.75) is 38.4 Å². The van der Waals surface area contributed by atoms with E-state index in [2.05, 4.69) is 25.7 Å². The summed E-state index contributed by atoms with van der Waals surface area (Å²) in [6.45, 7) is 8.61. The smallest absolute Gasteiger partial charge is 0.186 e. The molecule has 0 spiro atoms. The Morgan fingerprint density at radius 3 is 3.00 bits per heavy atom. The molecule has 1 aliphatic heterocycles. The molecule has 2 heterocycles. The average molecular weight is 284 g/mol. The second-order valence-electron chi connectivity index (χ2n) is 4.80. The molecule has 3 nitrogen and oxygen atoms in total. The van der Waals surface area contributed by atoms with Crippen molar-refractivity contribution >= 4 is 34.5 Å². The summed E-state index contributed by atoms with van der Waals surface area (Å²) in [4.78, 5) is 19.0. The molecule has 18 heavy (non-hydrogen) atoms. The van der Waals surface area contributed by atoms with Crippen LogP contribution in [0.1, 0.15) is 48.5 Å². The molecular formula is C13H20N2OS2. The van der Waals surface area contributed by atoms with Crippen molar-refractivity contribution in [2.24, 2.45) is 0 Å². The molecule has 0 aliphatic carbocycles. The minimum Gasteiger partial charge on any atom is -0.346 e. The molecule has 0 bridgehead atoms. The van der Waals surface area contributed by atoms with Crippen LogP contribution in [0.4, 0.5) is 5.13 Å². The number of anilines is 1. The van der Waals surface area contributed by atoms with Crippen LogP contribution in [0.3, 0.4) is 0 Å². The maximum Gasteiger partial charge on any atom is 0.186 e. The van der Waals surface area contributed by atoms with Crippen molar-refractivity contribution in [1.82, 2.24) is 4.98 Å². The SMILES string of the molecule is CCC(C)c1nc(N2CCSC(C)C2)sc1C=O. The van der Waals surface area contributed by atoms with Gasteiger partial charge in [-0.15, -0.1) is 0 Å². The van der Waals surface area contributed by atoms with Gasteiger partial charge in [0.15, 0.2) is 11.4 Å². The molecule has 2 rings (SSSR count). The fourth-order valence-corrected chi connectivity index (χ4v) is 4.14. The highest BCUT2D eigenvalue weighted by Gasteiger charge is 2.22. The van der Waals surface area contributed by atoms with E-state index < -0.39 is 0 Å². The summed E-state index contributed by atoms with van der Waals surface area (Å²) in [6.07, 6.45) is 1.99. The zero-order chi connectivity index (χ0) is 13.1. The third kappa shape index (κ3) is 2.88. The van der Waals surface area contributed by atoms with Crippen molar-refractivity contribution in [3.05, 3.63) is 10.6 Å². The zero-order valence-corrected chi connectivity index (χ0v) is 12.8. The zero-order valence-electron chi connectivity index (χ0n) is 11.2. The van der Waals surface area contributed by atoms with Gasteiger partial charge in [-0.05, 0) is 12.3 Å². The molecule has 2 unspecified atom stereocenters. The van der Waals surface area contributed by atoms with Gasteiger partial charge in [-0.1, -0.05) is 32.1 Å². The lowest BCUT2D eigenvalue weighted by Crippen LogP contribution is -2.36. The van der Waals surface area contributed by atoms with E-state index in [1.165, 1.54) is 0 Å². The number of thiazole rings is 1. The van der Waals surface area contributed by atoms with Crippen molar-refractivity contribution < 1.29 is 4.79 Å². The highest BCUT2D eigenvalue weighted by Crippen LogP contribution is 2.33. The molecule has 0 saturated carbocycles. The maximum absolute atomic E-state index is 11.2. The first-order valence-electron chi connectivity index (χ1n) is 6.48. The van der Waals surface area contributed by atoms with Crippen LogP contribution in [-0.2, 0) is 0 Å². The number of carbonyl (C=O) groups excluding carboxylic acids is 1. The lowest BCUT2D eigenvalue weighted by molar-refractivity contribution is 0.112. The minimum absolute atomic E-state index is 0.367. The molecule has 0 aromatic carbocycles. The van der Waals surface area contributed by atoms with Crippen LogP contribution in [0, 0.1) is 0 Å². The van der Waals surface area contributed by atoms with E-state index in [-0.39, 0.29) is 0 Å². The molecule has 0 N–H and O–H groups in total. The minimum atomic E-state index is 0.367. The molecule has 1 fully saturated rings. The number of thioether (sulfide) groups is 1. The van der Waals surface area contributed by atoms with Gasteiger partial charge in [0, 0.05) is 24.1 Å². The van der Waals surface area contributed by atoms with Crippen LogP contribution in [0.2, 0.25) is 0 Å². The Balaban J connectivity index is 2.23. The van der Waals surface area contributed by atoms with Crippen LogP contribution in [-0.4, -0.2) is 35.4 Å². The molecule has 0 radical (unpaired) electrons. The molecular weight excluding hydrogens is 264 g/mol. The summed E-state index contributed by atoms with van der Waals surface area (Å²) in [5.41, 5.74) is 0.985. The number of carbonyl (C=O) groups is 1.